The summed E-state index contributed by atoms with van der Waals surface area (Å²) < 4.78 is 11.0. The van der Waals surface area contributed by atoms with Gasteiger partial charge < -0.3 is 56.3 Å². The third-order valence-electron chi connectivity index (χ3n) is 10.4. The van der Waals surface area contributed by atoms with Crippen molar-refractivity contribution in [3.8, 4) is 0 Å². The zero-order chi connectivity index (χ0) is 51.2. The molecule has 0 bridgehead atoms. The molecule has 4 atom stereocenters. The van der Waals surface area contributed by atoms with Gasteiger partial charge in [-0.25, -0.2) is 19.6 Å². The first-order valence-electron chi connectivity index (χ1n) is 23.6. The first kappa shape index (κ1) is 55.0. The number of aromatic nitrogens is 5. The number of nitrogens with one attached hydrogen (secondary N) is 9. The Morgan fingerprint density at radius 2 is 1.12 bits per heavy atom. The summed E-state index contributed by atoms with van der Waals surface area (Å²) in [4.78, 5) is 111. The van der Waals surface area contributed by atoms with Gasteiger partial charge in [-0.3, -0.25) is 24.0 Å². The predicted octanol–water partition coefficient (Wildman–Crippen LogP) is 5.11. The molecule has 69 heavy (non-hydrogen) atoms. The van der Waals surface area contributed by atoms with Gasteiger partial charge in [-0.05, 0) is 90.2 Å². The van der Waals surface area contributed by atoms with E-state index < -0.39 is 71.1 Å². The number of Topliss-reactive ketones (excluding diaryl/α,β-unsaturated/α-hetero) is 1. The Hall–Kier alpha value is -6.57. The molecule has 20 heteroatoms. The number of fused-ring (bicyclic) bond motifs is 1. The molecule has 3 heterocycles. The van der Waals surface area contributed by atoms with E-state index >= 15 is 0 Å². The minimum atomic E-state index is -1.11. The predicted molar refractivity (Wildman–Crippen MR) is 261 cm³/mol. The number of alkyl carbamates (subject to hydrolysis) is 1. The van der Waals surface area contributed by atoms with Gasteiger partial charge in [-0.1, -0.05) is 59.7 Å². The molecule has 4 aromatic rings. The minimum absolute atomic E-state index is 0.000728. The quantitative estimate of drug-likeness (QED) is 0.0414. The fourth-order valence-corrected chi connectivity index (χ4v) is 7.61. The lowest BCUT2D eigenvalue weighted by atomic mass is 9.99. The van der Waals surface area contributed by atoms with Gasteiger partial charge in [0, 0.05) is 48.7 Å². The Morgan fingerprint density at radius 1 is 0.609 bits per heavy atom. The Bertz CT molecular complexity index is 2390. The fraction of sp³-hybridized carbons (Fsp3) is 0.571. The number of ether oxygens (including phenoxy) is 2. The minimum Gasteiger partial charge on any atom is -0.458 e. The Kier molecular flexibility index (Phi) is 19.6. The van der Waals surface area contributed by atoms with Crippen molar-refractivity contribution >= 4 is 52.4 Å². The highest BCUT2D eigenvalue weighted by molar-refractivity contribution is 6.07. The van der Waals surface area contributed by atoms with Crippen LogP contribution in [0.4, 0.5) is 4.79 Å². The Labute approximate surface area is 404 Å². The van der Waals surface area contributed by atoms with Gasteiger partial charge in [-0.15, -0.1) is 0 Å². The zero-order valence-electron chi connectivity index (χ0n) is 42.1. The summed E-state index contributed by atoms with van der Waals surface area (Å²) >= 11 is 0. The van der Waals surface area contributed by atoms with E-state index in [1.165, 1.54) is 12.7 Å². The number of hydrogen-bond donors (Lipinski definition) is 9. The number of ketones is 1. The van der Waals surface area contributed by atoms with Crippen LogP contribution in [0.15, 0.2) is 43.1 Å². The van der Waals surface area contributed by atoms with Crippen molar-refractivity contribution < 1.29 is 43.0 Å². The molecule has 20 nitrogen and oxygen atoms in total. The van der Waals surface area contributed by atoms with Crippen molar-refractivity contribution in [3.63, 3.8) is 0 Å². The number of hydrogen-bond acceptors (Lipinski definition) is 12. The first-order chi connectivity index (χ1) is 32.3. The van der Waals surface area contributed by atoms with Crippen molar-refractivity contribution in [1.29, 1.82) is 0 Å². The topological polar surface area (TPSA) is 283 Å². The van der Waals surface area contributed by atoms with E-state index in [1.54, 1.807) is 47.7 Å². The van der Waals surface area contributed by atoms with E-state index in [1.807, 2.05) is 65.8 Å². The van der Waals surface area contributed by atoms with E-state index in [4.69, 9.17) is 9.47 Å². The molecular weight excluding hydrogens is 887 g/mol. The molecule has 9 N–H and O–H groups in total. The van der Waals surface area contributed by atoms with Crippen LogP contribution in [0.2, 0.25) is 0 Å². The lowest BCUT2D eigenvalue weighted by molar-refractivity contribution is -0.157. The summed E-state index contributed by atoms with van der Waals surface area (Å²) in [7, 11) is 0. The van der Waals surface area contributed by atoms with Crippen LogP contribution in [0, 0.1) is 17.8 Å². The smallest absolute Gasteiger partial charge is 0.407 e. The highest BCUT2D eigenvalue weighted by Crippen LogP contribution is 2.21. The van der Waals surface area contributed by atoms with Crippen LogP contribution in [0.1, 0.15) is 150 Å². The van der Waals surface area contributed by atoms with Crippen LogP contribution in [0.5, 0.6) is 0 Å². The maximum absolute atomic E-state index is 13.8. The van der Waals surface area contributed by atoms with Gasteiger partial charge in [0.15, 0.2) is 17.2 Å². The summed E-state index contributed by atoms with van der Waals surface area (Å²) in [6.45, 7) is 22.2. The lowest BCUT2D eigenvalue weighted by Gasteiger charge is -2.24. The summed E-state index contributed by atoms with van der Waals surface area (Å²) in [5.41, 5.74) is -0.527. The van der Waals surface area contributed by atoms with Gasteiger partial charge >= 0.3 is 12.1 Å². The summed E-state index contributed by atoms with van der Waals surface area (Å²) in [5.74, 6) is -3.44. The fourth-order valence-electron chi connectivity index (χ4n) is 7.61. The van der Waals surface area contributed by atoms with Gasteiger partial charge in [0.2, 0.25) is 0 Å². The number of imidazole rings is 2. The van der Waals surface area contributed by atoms with Crippen LogP contribution in [0.25, 0.3) is 10.9 Å². The number of H-pyrrole nitrogens is 3. The molecule has 0 aliphatic heterocycles. The highest BCUT2D eigenvalue weighted by atomic mass is 16.6. The normalized spacial score (nSPS) is 13.7. The standard InChI is InChI=1S/C49H73N11O9/c1-27(2)17-31(57-42(62)39-41(56-26-54-39)45(65)60-36(46(66)68-48(7,8)9)20-30-21-51-34-16-14-13-15-33(30)34)22-50-24-37(61)35(19-29(5)6)59-44(64)40-38(53-25-55-40)43(63)58-32(18-28(3)4)23-52-47(67)69-49(10,11)12/h13-16,21,25-29,31-32,35-36,50-51H,17-20,22-24H2,1-12H3,(H,52,67)(H,53,55)(H,54,56)(H,57,62)(H,58,63)(H,59,64)(H,60,65)/t31-,32-,35-,36-/m0/s1. The van der Waals surface area contributed by atoms with Crippen LogP contribution < -0.4 is 31.9 Å². The second-order valence-corrected chi connectivity index (χ2v) is 20.6. The number of aromatic amines is 3. The second-order valence-electron chi connectivity index (χ2n) is 20.6. The molecule has 1 aromatic carbocycles. The molecule has 0 spiro atoms. The number of benzene rings is 1. The Balaban J connectivity index is 1.40. The van der Waals surface area contributed by atoms with Crippen molar-refractivity contribution in [2.75, 3.05) is 19.6 Å². The average molecular weight is 960 g/mol. The average Bonchev–Trinajstić information content (AvgIpc) is 4.01. The van der Waals surface area contributed by atoms with E-state index in [0.717, 1.165) is 16.5 Å². The molecule has 0 saturated heterocycles. The molecule has 0 fully saturated rings. The number of esters is 1. The zero-order valence-corrected chi connectivity index (χ0v) is 42.1. The largest absolute Gasteiger partial charge is 0.458 e. The lowest BCUT2D eigenvalue weighted by Crippen LogP contribution is -2.49. The second kappa shape index (κ2) is 24.6. The van der Waals surface area contributed by atoms with Gasteiger partial charge in [0.05, 0.1) is 25.2 Å². The van der Waals surface area contributed by atoms with E-state index in [9.17, 15) is 33.6 Å². The van der Waals surface area contributed by atoms with Gasteiger partial charge in [0.1, 0.15) is 28.6 Å². The molecule has 0 unspecified atom stereocenters. The Morgan fingerprint density at radius 3 is 1.64 bits per heavy atom. The van der Waals surface area contributed by atoms with Crippen molar-refractivity contribution in [3.05, 3.63) is 71.5 Å². The van der Waals surface area contributed by atoms with Crippen molar-refractivity contribution in [1.82, 2.24) is 56.8 Å². The van der Waals surface area contributed by atoms with Crippen LogP contribution in [-0.4, -0.2) is 121 Å². The van der Waals surface area contributed by atoms with Crippen LogP contribution >= 0.6 is 0 Å². The third kappa shape index (κ3) is 17.8. The molecule has 0 saturated carbocycles. The molecule has 4 rings (SSSR count). The SMILES string of the molecule is CC(C)C[C@@H](CNC(=O)OC(C)(C)C)NC(=O)c1nc[nH]c1C(=O)N[C@@H](CC(C)C)C(=O)CNC[C@H](CC(C)C)NC(=O)c1nc[nH]c1C(=O)N[C@@H](Cc1c[nH]c2ccccc12)C(=O)OC(C)(C)C. The molecule has 0 radical (unpaired) electrons. The third-order valence-corrected chi connectivity index (χ3v) is 10.4. The number of carbonyl (C=O) groups excluding carboxylic acids is 7. The molecule has 0 aliphatic rings. The number of nitrogens with zero attached hydrogens (tertiary/aromatic N) is 2. The summed E-state index contributed by atoms with van der Waals surface area (Å²) in [6.07, 6.45) is 5.00. The summed E-state index contributed by atoms with van der Waals surface area (Å²) in [6, 6.07) is 4.52. The van der Waals surface area contributed by atoms with Crippen LogP contribution in [0.3, 0.4) is 0 Å². The van der Waals surface area contributed by atoms with Gasteiger partial charge in [-0.2, -0.15) is 0 Å². The molecule has 0 aliphatic carbocycles. The molecule has 3 aromatic heterocycles. The van der Waals surface area contributed by atoms with Crippen LogP contribution in [-0.2, 0) is 25.5 Å². The van der Waals surface area contributed by atoms with E-state index in [0.29, 0.717) is 19.3 Å². The number of amides is 5. The highest BCUT2D eigenvalue weighted by Gasteiger charge is 2.32. The number of carbonyl (C=O) groups is 7. The first-order valence-corrected chi connectivity index (χ1v) is 23.6. The maximum Gasteiger partial charge on any atom is 0.407 e. The van der Waals surface area contributed by atoms with Crippen molar-refractivity contribution in [2.24, 2.45) is 17.8 Å². The monoisotopic (exact) mass is 960 g/mol. The number of rotatable bonds is 24. The van der Waals surface area contributed by atoms with E-state index in [-0.39, 0.29) is 72.4 Å². The van der Waals surface area contributed by atoms with E-state index in [2.05, 4.69) is 56.8 Å². The summed E-state index contributed by atoms with van der Waals surface area (Å²) in [5, 5.41) is 18.0. The molecule has 5 amide bonds. The number of para-hydroxylation sites is 1. The molecular formula is C49H73N11O9. The van der Waals surface area contributed by atoms with Crippen molar-refractivity contribution in [2.45, 2.75) is 144 Å². The maximum atomic E-state index is 13.8. The van der Waals surface area contributed by atoms with Gasteiger partial charge in [0.25, 0.3) is 23.6 Å². The molecule has 378 valence electrons.